The van der Waals surface area contributed by atoms with Crippen LogP contribution in [0.1, 0.15) is 27.2 Å². The van der Waals surface area contributed by atoms with Crippen molar-refractivity contribution in [3.05, 3.63) is 0 Å². The monoisotopic (exact) mass is 206 g/mol. The quantitative estimate of drug-likeness (QED) is 0.382. The standard InChI is InChI=1S/C6H14N2O2.C2H4O2/c1-3-4(2)5(7)6(9)8-10;1-2(3)4/h4-5,10H,3,7H2,1-2H3,(H,8,9);1H3,(H,3,4)/t4-,5-;/m0./s1. The maximum atomic E-state index is 10.6. The van der Waals surface area contributed by atoms with Crippen molar-refractivity contribution >= 4 is 11.9 Å². The van der Waals surface area contributed by atoms with Gasteiger partial charge in [0.25, 0.3) is 11.9 Å². The molecule has 0 aromatic rings. The molecule has 0 spiro atoms. The second kappa shape index (κ2) is 8.46. The van der Waals surface area contributed by atoms with E-state index >= 15 is 0 Å². The highest BCUT2D eigenvalue weighted by atomic mass is 16.5. The van der Waals surface area contributed by atoms with Crippen molar-refractivity contribution in [2.45, 2.75) is 33.2 Å². The molecule has 0 radical (unpaired) electrons. The van der Waals surface area contributed by atoms with Gasteiger partial charge in [-0.1, -0.05) is 20.3 Å². The van der Waals surface area contributed by atoms with Gasteiger partial charge in [0.15, 0.2) is 0 Å². The molecule has 0 aromatic carbocycles. The van der Waals surface area contributed by atoms with Crippen molar-refractivity contribution in [2.75, 3.05) is 0 Å². The Bertz CT molecular complexity index is 180. The Hall–Kier alpha value is -1.14. The Morgan fingerprint density at radius 2 is 1.86 bits per heavy atom. The van der Waals surface area contributed by atoms with Gasteiger partial charge >= 0.3 is 0 Å². The van der Waals surface area contributed by atoms with Crippen molar-refractivity contribution in [1.29, 1.82) is 0 Å². The van der Waals surface area contributed by atoms with Gasteiger partial charge in [0, 0.05) is 6.92 Å². The highest BCUT2D eigenvalue weighted by molar-refractivity contribution is 5.80. The Labute approximate surface area is 83.1 Å². The first kappa shape index (κ1) is 15.3. The predicted molar refractivity (Wildman–Crippen MR) is 50.7 cm³/mol. The van der Waals surface area contributed by atoms with E-state index in [1.165, 1.54) is 5.48 Å². The summed E-state index contributed by atoms with van der Waals surface area (Å²) in [5.74, 6) is -1.25. The zero-order chi connectivity index (χ0) is 11.7. The SMILES string of the molecule is CC(=O)O.CC[C@H](C)[C@H](N)C(=O)NO. The van der Waals surface area contributed by atoms with Crippen LogP contribution in [0.2, 0.25) is 0 Å². The maximum Gasteiger partial charge on any atom is 0.300 e. The van der Waals surface area contributed by atoms with Crippen LogP contribution in [0.25, 0.3) is 0 Å². The van der Waals surface area contributed by atoms with Crippen LogP contribution in [0, 0.1) is 5.92 Å². The fraction of sp³-hybridized carbons (Fsp3) is 0.750. The van der Waals surface area contributed by atoms with Crippen LogP contribution >= 0.6 is 0 Å². The molecule has 0 aliphatic rings. The third kappa shape index (κ3) is 8.95. The van der Waals surface area contributed by atoms with Gasteiger partial charge < -0.3 is 10.8 Å². The van der Waals surface area contributed by atoms with E-state index in [4.69, 9.17) is 20.8 Å². The minimum Gasteiger partial charge on any atom is -0.481 e. The van der Waals surface area contributed by atoms with Gasteiger partial charge in [0.1, 0.15) is 0 Å². The number of hydrogen-bond acceptors (Lipinski definition) is 4. The van der Waals surface area contributed by atoms with Gasteiger partial charge in [-0.25, -0.2) is 5.48 Å². The Morgan fingerprint density at radius 1 is 1.50 bits per heavy atom. The smallest absolute Gasteiger partial charge is 0.300 e. The average Bonchev–Trinajstić information content (AvgIpc) is 2.13. The Balaban J connectivity index is 0. The highest BCUT2D eigenvalue weighted by Gasteiger charge is 2.17. The number of carboxylic acids is 1. The molecule has 6 heteroatoms. The average molecular weight is 206 g/mol. The van der Waals surface area contributed by atoms with E-state index in [1.807, 2.05) is 13.8 Å². The molecule has 0 saturated heterocycles. The van der Waals surface area contributed by atoms with Gasteiger partial charge in [0.2, 0.25) is 0 Å². The Kier molecular flexibility index (Phi) is 9.27. The molecule has 0 bridgehead atoms. The fourth-order valence-corrected chi connectivity index (χ4v) is 0.587. The van der Waals surface area contributed by atoms with Crippen molar-refractivity contribution < 1.29 is 19.9 Å². The van der Waals surface area contributed by atoms with Crippen molar-refractivity contribution in [3.63, 3.8) is 0 Å². The van der Waals surface area contributed by atoms with Gasteiger partial charge in [-0.2, -0.15) is 0 Å². The summed E-state index contributed by atoms with van der Waals surface area (Å²) in [7, 11) is 0. The number of carboxylic acid groups (broad SMARTS) is 1. The summed E-state index contributed by atoms with van der Waals surface area (Å²) in [4.78, 5) is 19.6. The lowest BCUT2D eigenvalue weighted by atomic mass is 10.00. The molecular weight excluding hydrogens is 188 g/mol. The summed E-state index contributed by atoms with van der Waals surface area (Å²) in [6, 6.07) is -0.602. The first-order valence-electron chi connectivity index (χ1n) is 4.25. The van der Waals surface area contributed by atoms with E-state index < -0.39 is 17.9 Å². The van der Waals surface area contributed by atoms with E-state index in [9.17, 15) is 4.79 Å². The zero-order valence-corrected chi connectivity index (χ0v) is 8.65. The van der Waals surface area contributed by atoms with Crippen LogP contribution < -0.4 is 11.2 Å². The van der Waals surface area contributed by atoms with Crippen LogP contribution in [0.15, 0.2) is 0 Å². The number of hydroxylamine groups is 1. The number of aliphatic carboxylic acids is 1. The summed E-state index contributed by atoms with van der Waals surface area (Å²) in [6.45, 7) is 4.88. The number of nitrogens with one attached hydrogen (secondary N) is 1. The van der Waals surface area contributed by atoms with Crippen molar-refractivity contribution in [1.82, 2.24) is 5.48 Å². The second-order valence-electron chi connectivity index (χ2n) is 2.91. The van der Waals surface area contributed by atoms with Crippen LogP contribution in [-0.4, -0.2) is 28.2 Å². The zero-order valence-electron chi connectivity index (χ0n) is 8.65. The molecule has 2 atom stereocenters. The lowest BCUT2D eigenvalue weighted by Gasteiger charge is -2.14. The summed E-state index contributed by atoms with van der Waals surface area (Å²) in [5.41, 5.74) is 6.93. The molecule has 0 heterocycles. The minimum absolute atomic E-state index is 0.104. The highest BCUT2D eigenvalue weighted by Crippen LogP contribution is 2.04. The molecule has 0 aromatic heterocycles. The molecule has 0 fully saturated rings. The van der Waals surface area contributed by atoms with Crippen molar-refractivity contribution in [2.24, 2.45) is 11.7 Å². The summed E-state index contributed by atoms with van der Waals surface area (Å²) >= 11 is 0. The number of hydrogen-bond donors (Lipinski definition) is 4. The molecule has 0 aliphatic carbocycles. The number of amides is 1. The fourth-order valence-electron chi connectivity index (χ4n) is 0.587. The minimum atomic E-state index is -0.833. The van der Waals surface area contributed by atoms with Crippen LogP contribution in [0.3, 0.4) is 0 Å². The largest absolute Gasteiger partial charge is 0.481 e. The molecule has 0 unspecified atom stereocenters. The lowest BCUT2D eigenvalue weighted by molar-refractivity contribution is -0.134. The predicted octanol–water partition coefficient (Wildman–Crippen LogP) is -0.0439. The molecule has 5 N–H and O–H groups in total. The first-order chi connectivity index (χ1) is 6.36. The van der Waals surface area contributed by atoms with Gasteiger partial charge in [-0.05, 0) is 5.92 Å². The van der Waals surface area contributed by atoms with E-state index in [0.717, 1.165) is 13.3 Å². The van der Waals surface area contributed by atoms with Gasteiger partial charge in [-0.3, -0.25) is 14.8 Å². The first-order valence-corrected chi connectivity index (χ1v) is 4.25. The lowest BCUT2D eigenvalue weighted by Crippen LogP contribution is -2.43. The van der Waals surface area contributed by atoms with E-state index in [0.29, 0.717) is 0 Å². The molecular formula is C8H18N2O4. The molecule has 14 heavy (non-hydrogen) atoms. The number of nitrogens with two attached hydrogens (primary N) is 1. The van der Waals surface area contributed by atoms with Crippen molar-refractivity contribution in [3.8, 4) is 0 Å². The molecule has 84 valence electrons. The van der Waals surface area contributed by atoms with E-state index in [-0.39, 0.29) is 5.92 Å². The molecule has 0 rings (SSSR count). The molecule has 0 saturated carbocycles. The van der Waals surface area contributed by atoms with Crippen LogP contribution in [0.4, 0.5) is 0 Å². The van der Waals surface area contributed by atoms with Crippen LogP contribution in [0.5, 0.6) is 0 Å². The maximum absolute atomic E-state index is 10.6. The number of rotatable bonds is 3. The summed E-state index contributed by atoms with van der Waals surface area (Å²) < 4.78 is 0. The molecule has 0 aliphatic heterocycles. The molecule has 6 nitrogen and oxygen atoms in total. The normalized spacial score (nSPS) is 13.2. The second-order valence-corrected chi connectivity index (χ2v) is 2.91. The summed E-state index contributed by atoms with van der Waals surface area (Å²) in [6.07, 6.45) is 0.828. The third-order valence-corrected chi connectivity index (χ3v) is 1.67. The van der Waals surface area contributed by atoms with Gasteiger partial charge in [0.05, 0.1) is 6.04 Å². The van der Waals surface area contributed by atoms with Gasteiger partial charge in [-0.15, -0.1) is 0 Å². The van der Waals surface area contributed by atoms with E-state index in [1.54, 1.807) is 0 Å². The summed E-state index contributed by atoms with van der Waals surface area (Å²) in [5, 5.41) is 15.6. The third-order valence-electron chi connectivity index (χ3n) is 1.67. The molecule has 1 amide bonds. The Morgan fingerprint density at radius 3 is 2.07 bits per heavy atom. The van der Waals surface area contributed by atoms with Crippen LogP contribution in [-0.2, 0) is 9.59 Å². The topological polar surface area (TPSA) is 113 Å². The number of carbonyl (C=O) groups excluding carboxylic acids is 1. The number of carbonyl (C=O) groups is 2. The van der Waals surface area contributed by atoms with E-state index in [2.05, 4.69) is 0 Å².